The van der Waals surface area contributed by atoms with E-state index >= 15 is 0 Å². The average molecular weight is 226 g/mol. The van der Waals surface area contributed by atoms with Crippen LogP contribution in [0.1, 0.15) is 15.9 Å². The van der Waals surface area contributed by atoms with Gasteiger partial charge in [0.1, 0.15) is 0 Å². The Kier molecular flexibility index (Phi) is 4.31. The molecule has 1 aromatic carbocycles. The summed E-state index contributed by atoms with van der Waals surface area (Å²) in [6, 6.07) is 7.20. The zero-order valence-electron chi connectivity index (χ0n) is 8.42. The van der Waals surface area contributed by atoms with Gasteiger partial charge in [-0.15, -0.1) is 11.6 Å². The molecule has 0 radical (unpaired) electrons. The molecule has 1 rings (SSSR count). The van der Waals surface area contributed by atoms with Crippen molar-refractivity contribution in [3.63, 3.8) is 0 Å². The smallest absolute Gasteiger partial charge is 0.251 e. The fraction of sp³-hybridized carbons (Fsp3) is 0.273. The molecule has 80 valence electrons. The van der Waals surface area contributed by atoms with Gasteiger partial charge in [-0.3, -0.25) is 9.59 Å². The number of alkyl halides is 1. The van der Waals surface area contributed by atoms with Crippen LogP contribution in [0.5, 0.6) is 0 Å². The topological polar surface area (TPSA) is 46.2 Å². The second-order valence-corrected chi connectivity index (χ2v) is 3.44. The Balaban J connectivity index is 2.62. The first-order valence-electron chi connectivity index (χ1n) is 4.56. The van der Waals surface area contributed by atoms with Crippen LogP contribution in [0.4, 0.5) is 0 Å². The van der Waals surface area contributed by atoms with Gasteiger partial charge in [0.05, 0.1) is 12.4 Å². The first-order chi connectivity index (χ1) is 7.15. The van der Waals surface area contributed by atoms with Gasteiger partial charge in [-0.25, -0.2) is 0 Å². The van der Waals surface area contributed by atoms with Crippen molar-refractivity contribution in [2.24, 2.45) is 0 Å². The number of carbonyl (C=O) groups is 2. The van der Waals surface area contributed by atoms with Gasteiger partial charge < -0.3 is 5.32 Å². The van der Waals surface area contributed by atoms with Crippen molar-refractivity contribution in [2.75, 3.05) is 12.4 Å². The monoisotopic (exact) mass is 225 g/mol. The standard InChI is InChI=1S/C11H12ClNO2/c1-8-4-2-3-5-10(8)11(15)13-7-9(14)6-12/h2-5H,6-7H2,1H3,(H,13,15). The van der Waals surface area contributed by atoms with Gasteiger partial charge >= 0.3 is 0 Å². The molecule has 0 spiro atoms. The third-order valence-electron chi connectivity index (χ3n) is 1.98. The SMILES string of the molecule is Cc1ccccc1C(=O)NCC(=O)CCl. The molecule has 1 amide bonds. The maximum Gasteiger partial charge on any atom is 0.251 e. The van der Waals surface area contributed by atoms with E-state index in [1.165, 1.54) is 0 Å². The number of carbonyl (C=O) groups excluding carboxylic acids is 2. The van der Waals surface area contributed by atoms with Gasteiger partial charge in [0.15, 0.2) is 5.78 Å². The first-order valence-corrected chi connectivity index (χ1v) is 5.10. The number of ketones is 1. The number of benzene rings is 1. The van der Waals surface area contributed by atoms with Crippen molar-refractivity contribution in [1.82, 2.24) is 5.32 Å². The van der Waals surface area contributed by atoms with Crippen molar-refractivity contribution < 1.29 is 9.59 Å². The summed E-state index contributed by atoms with van der Waals surface area (Å²) in [7, 11) is 0. The third kappa shape index (κ3) is 3.36. The average Bonchev–Trinajstić information content (AvgIpc) is 2.26. The molecule has 0 aliphatic rings. The molecular weight excluding hydrogens is 214 g/mol. The Bertz CT molecular complexity index is 377. The Morgan fingerprint density at radius 3 is 2.60 bits per heavy atom. The van der Waals surface area contributed by atoms with Crippen LogP contribution in [0.25, 0.3) is 0 Å². The van der Waals surface area contributed by atoms with E-state index in [2.05, 4.69) is 5.32 Å². The summed E-state index contributed by atoms with van der Waals surface area (Å²) in [5, 5.41) is 2.52. The highest BCUT2D eigenvalue weighted by Crippen LogP contribution is 2.05. The van der Waals surface area contributed by atoms with Gasteiger partial charge in [0.25, 0.3) is 5.91 Å². The van der Waals surface area contributed by atoms with Crippen LogP contribution in [0.3, 0.4) is 0 Å². The van der Waals surface area contributed by atoms with Crippen molar-refractivity contribution in [1.29, 1.82) is 0 Å². The van der Waals surface area contributed by atoms with E-state index in [-0.39, 0.29) is 24.1 Å². The summed E-state index contributed by atoms with van der Waals surface area (Å²) in [5.74, 6) is -0.515. The highest BCUT2D eigenvalue weighted by Gasteiger charge is 2.08. The van der Waals surface area contributed by atoms with Crippen molar-refractivity contribution in [3.05, 3.63) is 35.4 Å². The zero-order chi connectivity index (χ0) is 11.3. The summed E-state index contributed by atoms with van der Waals surface area (Å²) in [5.41, 5.74) is 1.47. The molecule has 0 atom stereocenters. The van der Waals surface area contributed by atoms with Crippen LogP contribution in [0.15, 0.2) is 24.3 Å². The Hall–Kier alpha value is -1.35. The molecule has 0 unspecified atom stereocenters. The Labute approximate surface area is 93.4 Å². The molecule has 1 aromatic rings. The Morgan fingerprint density at radius 2 is 2.00 bits per heavy atom. The molecule has 0 fully saturated rings. The molecule has 0 aromatic heterocycles. The Morgan fingerprint density at radius 1 is 1.33 bits per heavy atom. The van der Waals surface area contributed by atoms with Crippen LogP contribution in [-0.2, 0) is 4.79 Å². The lowest BCUT2D eigenvalue weighted by atomic mass is 10.1. The highest BCUT2D eigenvalue weighted by molar-refractivity contribution is 6.28. The number of hydrogen-bond donors (Lipinski definition) is 1. The lowest BCUT2D eigenvalue weighted by Crippen LogP contribution is -2.30. The summed E-state index contributed by atoms with van der Waals surface area (Å²) in [4.78, 5) is 22.5. The molecule has 3 nitrogen and oxygen atoms in total. The molecule has 0 bridgehead atoms. The lowest BCUT2D eigenvalue weighted by Gasteiger charge is -2.05. The van der Waals surface area contributed by atoms with E-state index in [1.807, 2.05) is 19.1 Å². The molecular formula is C11H12ClNO2. The number of halogens is 1. The second-order valence-electron chi connectivity index (χ2n) is 3.17. The summed E-state index contributed by atoms with van der Waals surface area (Å²) in [6.45, 7) is 1.83. The molecule has 0 aliphatic carbocycles. The van der Waals surface area contributed by atoms with Crippen LogP contribution in [0.2, 0.25) is 0 Å². The maximum absolute atomic E-state index is 11.6. The fourth-order valence-corrected chi connectivity index (χ4v) is 1.24. The minimum Gasteiger partial charge on any atom is -0.345 e. The predicted octanol–water partition coefficient (Wildman–Crippen LogP) is 1.53. The second kappa shape index (κ2) is 5.51. The normalized spacial score (nSPS) is 9.73. The summed E-state index contributed by atoms with van der Waals surface area (Å²) >= 11 is 5.31. The van der Waals surface area contributed by atoms with E-state index in [0.29, 0.717) is 5.56 Å². The molecule has 0 saturated heterocycles. The van der Waals surface area contributed by atoms with E-state index in [9.17, 15) is 9.59 Å². The molecule has 0 aliphatic heterocycles. The largest absolute Gasteiger partial charge is 0.345 e. The van der Waals surface area contributed by atoms with E-state index in [0.717, 1.165) is 5.56 Å². The summed E-state index contributed by atoms with van der Waals surface area (Å²) < 4.78 is 0. The number of nitrogens with one attached hydrogen (secondary N) is 1. The van der Waals surface area contributed by atoms with Gasteiger partial charge in [0.2, 0.25) is 0 Å². The minimum absolute atomic E-state index is 0.0172. The third-order valence-corrected chi connectivity index (χ3v) is 2.28. The van der Waals surface area contributed by atoms with Crippen LogP contribution in [0, 0.1) is 6.92 Å². The fourth-order valence-electron chi connectivity index (χ4n) is 1.15. The quantitative estimate of drug-likeness (QED) is 0.790. The minimum atomic E-state index is -0.244. The molecule has 15 heavy (non-hydrogen) atoms. The number of rotatable bonds is 4. The highest BCUT2D eigenvalue weighted by atomic mass is 35.5. The number of aryl methyl sites for hydroxylation is 1. The van der Waals surface area contributed by atoms with Crippen molar-refractivity contribution in [2.45, 2.75) is 6.92 Å². The van der Waals surface area contributed by atoms with Gasteiger partial charge in [-0.2, -0.15) is 0 Å². The lowest BCUT2D eigenvalue weighted by molar-refractivity contribution is -0.115. The van der Waals surface area contributed by atoms with E-state index in [4.69, 9.17) is 11.6 Å². The van der Waals surface area contributed by atoms with E-state index in [1.54, 1.807) is 12.1 Å². The molecule has 0 heterocycles. The van der Waals surface area contributed by atoms with Crippen LogP contribution in [-0.4, -0.2) is 24.1 Å². The van der Waals surface area contributed by atoms with Gasteiger partial charge in [0, 0.05) is 5.56 Å². The molecule has 0 saturated carbocycles. The van der Waals surface area contributed by atoms with E-state index < -0.39 is 0 Å². The maximum atomic E-state index is 11.6. The first kappa shape index (κ1) is 11.7. The van der Waals surface area contributed by atoms with Crippen LogP contribution < -0.4 is 5.32 Å². The molecule has 1 N–H and O–H groups in total. The van der Waals surface area contributed by atoms with Crippen molar-refractivity contribution in [3.8, 4) is 0 Å². The number of Topliss-reactive ketones (excluding diaryl/α,β-unsaturated/α-hetero) is 1. The van der Waals surface area contributed by atoms with Crippen LogP contribution >= 0.6 is 11.6 Å². The summed E-state index contributed by atoms with van der Waals surface area (Å²) in [6.07, 6.45) is 0. The van der Waals surface area contributed by atoms with Gasteiger partial charge in [-0.05, 0) is 18.6 Å². The molecule has 4 heteroatoms. The van der Waals surface area contributed by atoms with Crippen molar-refractivity contribution >= 4 is 23.3 Å². The predicted molar refractivity (Wildman–Crippen MR) is 59.2 cm³/mol. The zero-order valence-corrected chi connectivity index (χ0v) is 9.17. The van der Waals surface area contributed by atoms with Gasteiger partial charge in [-0.1, -0.05) is 18.2 Å². The number of amides is 1. The number of hydrogen-bond acceptors (Lipinski definition) is 2.